The molecule has 0 aliphatic carbocycles. The molecular weight excluding hydrogens is 160 g/mol. The lowest BCUT2D eigenvalue weighted by atomic mass is 10.8. The predicted octanol–water partition coefficient (Wildman–Crippen LogP) is 0.346. The highest BCUT2D eigenvalue weighted by molar-refractivity contribution is 6.44. The Bertz CT molecular complexity index is 26.9. The summed E-state index contributed by atoms with van der Waals surface area (Å²) in [6, 6.07) is 0. The van der Waals surface area contributed by atoms with Crippen molar-refractivity contribution in [1.29, 1.82) is 0 Å². The molecule has 0 saturated heterocycles. The molecule has 4 N–H and O–H groups in total. The average molecular weight is 168 g/mol. The molecule has 0 unspecified atom stereocenters. The molecule has 0 amide bonds. The number of rotatable bonds is 1. The number of hydrogen-bond acceptors (Lipinski definition) is 1. The highest BCUT2D eigenvalue weighted by atomic mass is 35.5. The van der Waals surface area contributed by atoms with Crippen LogP contribution in [0.25, 0.3) is 0 Å². The van der Waals surface area contributed by atoms with Crippen molar-refractivity contribution in [1.82, 2.24) is 0 Å². The van der Waals surface area contributed by atoms with Crippen molar-refractivity contribution in [3.05, 3.63) is 0 Å². The van der Waals surface area contributed by atoms with Gasteiger partial charge in [-0.1, -0.05) is 0 Å². The van der Waals surface area contributed by atoms with Gasteiger partial charge in [0.05, 0.1) is 0 Å². The van der Waals surface area contributed by atoms with E-state index in [9.17, 15) is 0 Å². The minimum absolute atomic E-state index is 0. The topological polar surface area (TPSA) is 57.5 Å². The van der Waals surface area contributed by atoms with Gasteiger partial charge in [-0.05, 0) is 0 Å². The first-order valence-electron chi connectivity index (χ1n) is 1.25. The van der Waals surface area contributed by atoms with Gasteiger partial charge in [-0.3, -0.25) is 0 Å². The van der Waals surface area contributed by atoms with E-state index in [1.165, 1.54) is 0 Å². The smallest absolute Gasteiger partial charge is 0.120 e. The monoisotopic (exact) mass is 167 g/mol. The first-order valence-corrected chi connectivity index (χ1v) is 2.13. The molecule has 2 nitrogen and oxygen atoms in total. The van der Waals surface area contributed by atoms with E-state index in [0.29, 0.717) is 6.54 Å². The molecule has 7 heavy (non-hydrogen) atoms. The normalized spacial score (nSPS) is 6.86. The number of hydrogen-bond donors (Lipinski definition) is 1. The number of alkyl halides is 2. The predicted molar refractivity (Wildman–Crippen MR) is 35.4 cm³/mol. The van der Waals surface area contributed by atoms with Crippen molar-refractivity contribution in [3.8, 4) is 0 Å². The van der Waals surface area contributed by atoms with Crippen LogP contribution >= 0.6 is 35.6 Å². The van der Waals surface area contributed by atoms with Crippen LogP contribution in [0.15, 0.2) is 0 Å². The maximum atomic E-state index is 5.10. The van der Waals surface area contributed by atoms with E-state index < -0.39 is 4.84 Å². The summed E-state index contributed by atoms with van der Waals surface area (Å²) in [5.74, 6) is 0. The largest absolute Gasteiger partial charge is 0.412 e. The van der Waals surface area contributed by atoms with Crippen LogP contribution < -0.4 is 5.73 Å². The summed E-state index contributed by atoms with van der Waals surface area (Å²) in [5.41, 5.74) is 4.91. The summed E-state index contributed by atoms with van der Waals surface area (Å²) in [6.07, 6.45) is 0. The lowest BCUT2D eigenvalue weighted by Gasteiger charge is -1.85. The van der Waals surface area contributed by atoms with Gasteiger partial charge >= 0.3 is 0 Å². The molecule has 0 saturated carbocycles. The molecule has 0 rings (SSSR count). The summed E-state index contributed by atoms with van der Waals surface area (Å²) >= 11 is 10.2. The van der Waals surface area contributed by atoms with E-state index in [4.69, 9.17) is 28.9 Å². The Kier molecular flexibility index (Phi) is 22.2. The summed E-state index contributed by atoms with van der Waals surface area (Å²) in [7, 11) is 0. The molecule has 0 aliphatic rings. The van der Waals surface area contributed by atoms with Crippen LogP contribution in [-0.2, 0) is 0 Å². The highest BCUT2D eigenvalue weighted by Crippen LogP contribution is 1.94. The maximum absolute atomic E-state index is 5.10. The lowest BCUT2D eigenvalue weighted by Crippen LogP contribution is -2.06. The molecule has 0 atom stereocenters. The quantitative estimate of drug-likeness (QED) is 0.564. The first kappa shape index (κ1) is 15.7. The third-order valence-electron chi connectivity index (χ3n) is 0.178. The van der Waals surface area contributed by atoms with E-state index in [0.717, 1.165) is 0 Å². The van der Waals surface area contributed by atoms with Crippen molar-refractivity contribution in [2.45, 2.75) is 4.84 Å². The van der Waals surface area contributed by atoms with Gasteiger partial charge in [0.1, 0.15) is 4.84 Å². The van der Waals surface area contributed by atoms with E-state index >= 15 is 0 Å². The maximum Gasteiger partial charge on any atom is 0.120 e. The highest BCUT2D eigenvalue weighted by Gasteiger charge is 1.86. The molecule has 0 bridgehead atoms. The van der Waals surface area contributed by atoms with Crippen LogP contribution in [0, 0.1) is 0 Å². The van der Waals surface area contributed by atoms with Gasteiger partial charge in [0.15, 0.2) is 0 Å². The molecule has 5 heteroatoms. The van der Waals surface area contributed by atoms with E-state index in [-0.39, 0.29) is 17.9 Å². The summed E-state index contributed by atoms with van der Waals surface area (Å²) in [5, 5.41) is 0. The third kappa shape index (κ3) is 20.0. The minimum Gasteiger partial charge on any atom is -0.412 e. The zero-order chi connectivity index (χ0) is 4.28. The van der Waals surface area contributed by atoms with Gasteiger partial charge in [-0.2, -0.15) is 0 Å². The van der Waals surface area contributed by atoms with E-state index in [1.54, 1.807) is 0 Å². The van der Waals surface area contributed by atoms with Gasteiger partial charge in [0.25, 0.3) is 0 Å². The molecule has 0 aromatic rings. The molecule has 0 spiro atoms. The number of halogens is 3. The molecule has 0 radical (unpaired) electrons. The zero-order valence-corrected chi connectivity index (χ0v) is 5.85. The average Bonchev–Trinajstić information content (AvgIpc) is 1.38. The molecule has 0 heterocycles. The van der Waals surface area contributed by atoms with Crippen molar-refractivity contribution in [3.63, 3.8) is 0 Å². The van der Waals surface area contributed by atoms with Crippen molar-refractivity contribution >= 4 is 35.6 Å². The van der Waals surface area contributed by atoms with Crippen LogP contribution in [-0.4, -0.2) is 16.9 Å². The van der Waals surface area contributed by atoms with Gasteiger partial charge in [-0.15, -0.1) is 35.6 Å². The summed E-state index contributed by atoms with van der Waals surface area (Å²) in [6.45, 7) is 0.336. The van der Waals surface area contributed by atoms with Crippen LogP contribution in [0.4, 0.5) is 0 Å². The third-order valence-corrected chi connectivity index (χ3v) is 0.535. The zero-order valence-electron chi connectivity index (χ0n) is 3.53. The van der Waals surface area contributed by atoms with Crippen LogP contribution in [0.2, 0.25) is 0 Å². The Morgan fingerprint density at radius 3 is 1.57 bits per heavy atom. The summed E-state index contributed by atoms with van der Waals surface area (Å²) < 4.78 is 0. The van der Waals surface area contributed by atoms with Crippen molar-refractivity contribution in [2.24, 2.45) is 5.73 Å². The molecule has 0 aromatic carbocycles. The molecule has 0 fully saturated rings. The fourth-order valence-corrected chi connectivity index (χ4v) is 0. The Balaban J connectivity index is -0.0000000800. The van der Waals surface area contributed by atoms with Crippen LogP contribution in [0.1, 0.15) is 0 Å². The molecular formula is C2H8Cl3NO. The van der Waals surface area contributed by atoms with Gasteiger partial charge in [-0.25, -0.2) is 0 Å². The van der Waals surface area contributed by atoms with Gasteiger partial charge < -0.3 is 11.2 Å². The number of nitrogens with two attached hydrogens (primary N) is 1. The Morgan fingerprint density at radius 2 is 1.57 bits per heavy atom. The standard InChI is InChI=1S/C2H5Cl2N.ClH.H2O/c3-2(4)1-5;;/h2H,1,5H2;1H;1H2. The van der Waals surface area contributed by atoms with Crippen molar-refractivity contribution < 1.29 is 5.48 Å². The van der Waals surface area contributed by atoms with E-state index in [2.05, 4.69) is 0 Å². The van der Waals surface area contributed by atoms with Crippen molar-refractivity contribution in [2.75, 3.05) is 6.54 Å². The van der Waals surface area contributed by atoms with E-state index in [1.807, 2.05) is 0 Å². The van der Waals surface area contributed by atoms with Gasteiger partial charge in [0.2, 0.25) is 0 Å². The Morgan fingerprint density at radius 1 is 1.43 bits per heavy atom. The van der Waals surface area contributed by atoms with Crippen LogP contribution in [0.3, 0.4) is 0 Å². The fraction of sp³-hybridized carbons (Fsp3) is 1.00. The van der Waals surface area contributed by atoms with Gasteiger partial charge in [0, 0.05) is 6.54 Å². The lowest BCUT2D eigenvalue weighted by molar-refractivity contribution is 0.824. The second-order valence-corrected chi connectivity index (χ2v) is 1.90. The second kappa shape index (κ2) is 9.92. The van der Waals surface area contributed by atoms with Crippen LogP contribution in [0.5, 0.6) is 0 Å². The minimum atomic E-state index is -0.394. The Hall–Kier alpha value is 0.790. The molecule has 48 valence electrons. The second-order valence-electron chi connectivity index (χ2n) is 0.627. The molecule has 0 aliphatic heterocycles. The fourth-order valence-electron chi connectivity index (χ4n) is 0. The summed E-state index contributed by atoms with van der Waals surface area (Å²) in [4.78, 5) is -0.394. The first-order chi connectivity index (χ1) is 2.27. The molecule has 0 aromatic heterocycles. The SMILES string of the molecule is Cl.NCC(Cl)Cl.O. The Labute approximate surface area is 58.7 Å².